The number of urea groups is 1. The van der Waals surface area contributed by atoms with Crippen molar-refractivity contribution in [2.75, 3.05) is 18.0 Å². The van der Waals surface area contributed by atoms with Crippen LogP contribution in [0.25, 0.3) is 0 Å². The second-order valence-corrected chi connectivity index (χ2v) is 4.51. The van der Waals surface area contributed by atoms with Crippen molar-refractivity contribution in [1.29, 1.82) is 0 Å². The minimum absolute atomic E-state index is 0.132. The highest BCUT2D eigenvalue weighted by Crippen LogP contribution is 2.32. The van der Waals surface area contributed by atoms with Gasteiger partial charge in [-0.3, -0.25) is 4.90 Å². The smallest absolute Gasteiger partial charge is 0.324 e. The molecule has 0 aliphatic carbocycles. The number of anilines is 1. The van der Waals surface area contributed by atoms with E-state index >= 15 is 0 Å². The number of amides is 2. The van der Waals surface area contributed by atoms with Gasteiger partial charge in [-0.1, -0.05) is 18.2 Å². The highest BCUT2D eigenvalue weighted by atomic mass is 16.2. The van der Waals surface area contributed by atoms with Gasteiger partial charge in [0.05, 0.1) is 0 Å². The van der Waals surface area contributed by atoms with Crippen molar-refractivity contribution in [3.8, 4) is 0 Å². The molecule has 17 heavy (non-hydrogen) atoms. The average molecular weight is 232 g/mol. The van der Waals surface area contributed by atoms with Crippen LogP contribution in [0.2, 0.25) is 0 Å². The summed E-state index contributed by atoms with van der Waals surface area (Å²) in [5.41, 5.74) is 2.36. The second kappa shape index (κ2) is 4.78. The maximum Gasteiger partial charge on any atom is 0.324 e. The van der Waals surface area contributed by atoms with Crippen LogP contribution in [-0.4, -0.2) is 30.1 Å². The third-order valence-electron chi connectivity index (χ3n) is 3.45. The molecule has 1 aromatic rings. The first-order chi connectivity index (χ1) is 8.19. The number of rotatable bonds is 2. The number of carbonyl (C=O) groups is 1. The normalized spacial score (nSPS) is 18.1. The van der Waals surface area contributed by atoms with Crippen LogP contribution in [0.3, 0.4) is 0 Å². The van der Waals surface area contributed by atoms with Crippen molar-refractivity contribution in [2.24, 2.45) is 0 Å². The van der Waals surface area contributed by atoms with Crippen molar-refractivity contribution in [3.63, 3.8) is 0 Å². The zero-order valence-electron chi connectivity index (χ0n) is 10.8. The van der Waals surface area contributed by atoms with Crippen LogP contribution in [0.5, 0.6) is 0 Å². The van der Waals surface area contributed by atoms with E-state index in [1.807, 2.05) is 41.8 Å². The lowest BCUT2D eigenvalue weighted by atomic mass is 10.1. The molecule has 1 heterocycles. The van der Waals surface area contributed by atoms with Gasteiger partial charge < -0.3 is 4.90 Å². The van der Waals surface area contributed by atoms with Crippen molar-refractivity contribution in [2.45, 2.75) is 33.2 Å². The summed E-state index contributed by atoms with van der Waals surface area (Å²) in [4.78, 5) is 16.2. The molecule has 0 saturated heterocycles. The molecule has 0 N–H and O–H groups in total. The molecule has 92 valence electrons. The summed E-state index contributed by atoms with van der Waals surface area (Å²) in [7, 11) is 0. The topological polar surface area (TPSA) is 23.6 Å². The molecule has 0 unspecified atom stereocenters. The first-order valence-electron chi connectivity index (χ1n) is 6.35. The standard InChI is InChI=1S/C14H20N2O/c1-4-15(5-2)14(17)16-11(3)10-12-8-6-7-9-13(12)16/h6-9,11H,4-5,10H2,1-3H3/t11-/m1/s1. The maximum atomic E-state index is 12.4. The summed E-state index contributed by atoms with van der Waals surface area (Å²) < 4.78 is 0. The maximum absolute atomic E-state index is 12.4. The van der Waals surface area contributed by atoms with E-state index in [0.29, 0.717) is 0 Å². The summed E-state index contributed by atoms with van der Waals surface area (Å²) in [6.45, 7) is 7.69. The van der Waals surface area contributed by atoms with Crippen LogP contribution in [0.1, 0.15) is 26.3 Å². The van der Waals surface area contributed by atoms with Gasteiger partial charge in [0.2, 0.25) is 0 Å². The van der Waals surface area contributed by atoms with E-state index < -0.39 is 0 Å². The lowest BCUT2D eigenvalue weighted by Gasteiger charge is -2.29. The first kappa shape index (κ1) is 12.0. The van der Waals surface area contributed by atoms with E-state index in [-0.39, 0.29) is 12.1 Å². The summed E-state index contributed by atoms with van der Waals surface area (Å²) in [6, 6.07) is 8.59. The molecule has 1 atom stereocenters. The van der Waals surface area contributed by atoms with Crippen LogP contribution in [0, 0.1) is 0 Å². The van der Waals surface area contributed by atoms with Crippen LogP contribution in [0.4, 0.5) is 10.5 Å². The molecule has 0 radical (unpaired) electrons. The first-order valence-corrected chi connectivity index (χ1v) is 6.35. The van der Waals surface area contributed by atoms with Crippen LogP contribution < -0.4 is 4.90 Å². The van der Waals surface area contributed by atoms with Gasteiger partial charge in [-0.05, 0) is 38.8 Å². The zero-order valence-corrected chi connectivity index (χ0v) is 10.8. The molecule has 0 fully saturated rings. The van der Waals surface area contributed by atoms with Crippen LogP contribution >= 0.6 is 0 Å². The van der Waals surface area contributed by atoms with Crippen molar-refractivity contribution in [3.05, 3.63) is 29.8 Å². The fraction of sp³-hybridized carbons (Fsp3) is 0.500. The van der Waals surface area contributed by atoms with Gasteiger partial charge in [0.1, 0.15) is 0 Å². The Balaban J connectivity index is 2.30. The third kappa shape index (κ3) is 2.02. The highest BCUT2D eigenvalue weighted by Gasteiger charge is 2.32. The number of hydrogen-bond acceptors (Lipinski definition) is 1. The molecular formula is C14H20N2O. The number of nitrogens with zero attached hydrogens (tertiary/aromatic N) is 2. The van der Waals surface area contributed by atoms with Crippen molar-refractivity contribution in [1.82, 2.24) is 4.90 Å². The summed E-state index contributed by atoms with van der Waals surface area (Å²) in [5, 5.41) is 0. The SMILES string of the molecule is CCN(CC)C(=O)N1c2ccccc2C[C@H]1C. The lowest BCUT2D eigenvalue weighted by molar-refractivity contribution is 0.208. The Labute approximate surface area is 103 Å². The molecule has 1 aliphatic heterocycles. The molecule has 0 saturated carbocycles. The van der Waals surface area contributed by atoms with E-state index in [0.717, 1.165) is 25.2 Å². The number of para-hydroxylation sites is 1. The number of carbonyl (C=O) groups excluding carboxylic acids is 1. The molecule has 0 bridgehead atoms. The molecule has 2 rings (SSSR count). The van der Waals surface area contributed by atoms with Gasteiger partial charge in [-0.15, -0.1) is 0 Å². The Kier molecular flexibility index (Phi) is 3.36. The van der Waals surface area contributed by atoms with Gasteiger partial charge in [0, 0.05) is 24.8 Å². The Hall–Kier alpha value is -1.51. The quantitative estimate of drug-likeness (QED) is 0.769. The molecular weight excluding hydrogens is 212 g/mol. The van der Waals surface area contributed by atoms with Crippen LogP contribution in [0.15, 0.2) is 24.3 Å². The Morgan fingerprint density at radius 1 is 1.35 bits per heavy atom. The molecule has 3 heteroatoms. The van der Waals surface area contributed by atoms with Crippen LogP contribution in [-0.2, 0) is 6.42 Å². The van der Waals surface area contributed by atoms with E-state index in [4.69, 9.17) is 0 Å². The van der Waals surface area contributed by atoms with E-state index in [1.54, 1.807) is 0 Å². The van der Waals surface area contributed by atoms with E-state index in [2.05, 4.69) is 13.0 Å². The zero-order chi connectivity index (χ0) is 12.4. The number of hydrogen-bond donors (Lipinski definition) is 0. The summed E-state index contributed by atoms with van der Waals surface area (Å²) in [6.07, 6.45) is 0.961. The molecule has 0 aromatic heterocycles. The van der Waals surface area contributed by atoms with Gasteiger partial charge in [-0.25, -0.2) is 4.79 Å². The third-order valence-corrected chi connectivity index (χ3v) is 3.45. The minimum atomic E-state index is 0.132. The minimum Gasteiger partial charge on any atom is -0.325 e. The Bertz CT molecular complexity index is 412. The lowest BCUT2D eigenvalue weighted by Crippen LogP contribution is -2.45. The molecule has 0 spiro atoms. The molecule has 1 aromatic carbocycles. The number of benzene rings is 1. The van der Waals surface area contributed by atoms with E-state index in [1.165, 1.54) is 5.56 Å². The van der Waals surface area contributed by atoms with Crippen molar-refractivity contribution >= 4 is 11.7 Å². The second-order valence-electron chi connectivity index (χ2n) is 4.51. The fourth-order valence-electron chi connectivity index (χ4n) is 2.50. The fourth-order valence-corrected chi connectivity index (χ4v) is 2.50. The Morgan fingerprint density at radius 3 is 2.65 bits per heavy atom. The molecule has 3 nitrogen and oxygen atoms in total. The van der Waals surface area contributed by atoms with E-state index in [9.17, 15) is 4.79 Å². The summed E-state index contributed by atoms with van der Waals surface area (Å²) in [5.74, 6) is 0. The number of fused-ring (bicyclic) bond motifs is 1. The van der Waals surface area contributed by atoms with Gasteiger partial charge in [0.25, 0.3) is 0 Å². The monoisotopic (exact) mass is 232 g/mol. The predicted molar refractivity (Wildman–Crippen MR) is 70.4 cm³/mol. The predicted octanol–water partition coefficient (Wildman–Crippen LogP) is 2.90. The largest absolute Gasteiger partial charge is 0.325 e. The highest BCUT2D eigenvalue weighted by molar-refractivity contribution is 5.94. The van der Waals surface area contributed by atoms with Crippen molar-refractivity contribution < 1.29 is 4.79 Å². The molecule has 2 amide bonds. The molecule has 1 aliphatic rings. The Morgan fingerprint density at radius 2 is 2.00 bits per heavy atom. The van der Waals surface area contributed by atoms with Gasteiger partial charge >= 0.3 is 6.03 Å². The van der Waals surface area contributed by atoms with Gasteiger partial charge in [-0.2, -0.15) is 0 Å². The van der Waals surface area contributed by atoms with Gasteiger partial charge in [0.15, 0.2) is 0 Å². The summed E-state index contributed by atoms with van der Waals surface area (Å²) >= 11 is 0. The average Bonchev–Trinajstić information content (AvgIpc) is 2.66.